The largest absolute Gasteiger partial charge is 0.394 e. The van der Waals surface area contributed by atoms with Crippen molar-refractivity contribution in [3.05, 3.63) is 85.1 Å². The van der Waals surface area contributed by atoms with E-state index in [9.17, 15) is 15.0 Å². The van der Waals surface area contributed by atoms with Crippen molar-refractivity contribution in [1.82, 2.24) is 5.32 Å². The van der Waals surface area contributed by atoms with E-state index in [1.54, 1.807) is 6.08 Å². The average Bonchev–Trinajstić information content (AvgIpc) is 2.84. The highest BCUT2D eigenvalue weighted by molar-refractivity contribution is 5.76. The fraction of sp³-hybridized carbons (Fsp3) is 0.500. The Balaban J connectivity index is 4.00. The SMILES string of the molecule is C/C=C/CC/C=C/CC/C=C/C(O)C(CO)NC(=O)CC/C=C\C/C=C\C/C=C\C/C=C\CC. The van der Waals surface area contributed by atoms with Crippen molar-refractivity contribution in [2.45, 2.75) is 90.2 Å². The van der Waals surface area contributed by atoms with Crippen LogP contribution in [-0.4, -0.2) is 34.9 Å². The van der Waals surface area contributed by atoms with Crippen molar-refractivity contribution in [2.24, 2.45) is 0 Å². The maximum atomic E-state index is 12.1. The van der Waals surface area contributed by atoms with E-state index in [0.29, 0.717) is 12.8 Å². The lowest BCUT2D eigenvalue weighted by Crippen LogP contribution is -2.45. The minimum absolute atomic E-state index is 0.169. The lowest BCUT2D eigenvalue weighted by atomic mass is 10.1. The van der Waals surface area contributed by atoms with Crippen LogP contribution in [0.3, 0.4) is 0 Å². The Labute approximate surface area is 208 Å². The van der Waals surface area contributed by atoms with E-state index >= 15 is 0 Å². The first kappa shape index (κ1) is 31.6. The van der Waals surface area contributed by atoms with Gasteiger partial charge in [0.25, 0.3) is 0 Å². The van der Waals surface area contributed by atoms with Crippen molar-refractivity contribution in [3.8, 4) is 0 Å². The van der Waals surface area contributed by atoms with E-state index in [0.717, 1.165) is 51.4 Å². The number of hydrogen-bond donors (Lipinski definition) is 3. The van der Waals surface area contributed by atoms with Gasteiger partial charge in [0, 0.05) is 6.42 Å². The van der Waals surface area contributed by atoms with Gasteiger partial charge in [-0.25, -0.2) is 0 Å². The summed E-state index contributed by atoms with van der Waals surface area (Å²) in [4.78, 5) is 12.1. The third-order valence-electron chi connectivity index (χ3n) is 4.95. The van der Waals surface area contributed by atoms with Gasteiger partial charge in [-0.05, 0) is 64.7 Å². The molecule has 3 N–H and O–H groups in total. The topological polar surface area (TPSA) is 69.6 Å². The molecule has 0 saturated carbocycles. The Hall–Kier alpha value is -2.43. The van der Waals surface area contributed by atoms with Crippen LogP contribution in [0.5, 0.6) is 0 Å². The van der Waals surface area contributed by atoms with Crippen LogP contribution in [0.2, 0.25) is 0 Å². The van der Waals surface area contributed by atoms with Gasteiger partial charge in [-0.2, -0.15) is 0 Å². The summed E-state index contributed by atoms with van der Waals surface area (Å²) in [7, 11) is 0. The van der Waals surface area contributed by atoms with Crippen LogP contribution in [0.25, 0.3) is 0 Å². The zero-order chi connectivity index (χ0) is 25.1. The first-order valence-electron chi connectivity index (χ1n) is 12.8. The van der Waals surface area contributed by atoms with Gasteiger partial charge < -0.3 is 15.5 Å². The number of amides is 1. The molecule has 0 spiro atoms. The van der Waals surface area contributed by atoms with Gasteiger partial charge in [0.15, 0.2) is 0 Å². The maximum absolute atomic E-state index is 12.1. The summed E-state index contributed by atoms with van der Waals surface area (Å²) in [5.74, 6) is -0.169. The molecule has 2 atom stereocenters. The number of rotatable bonds is 20. The van der Waals surface area contributed by atoms with Gasteiger partial charge in [0.2, 0.25) is 5.91 Å². The summed E-state index contributed by atoms with van der Waals surface area (Å²) in [6.07, 6.45) is 36.8. The highest BCUT2D eigenvalue weighted by atomic mass is 16.3. The Morgan fingerprint density at radius 3 is 1.79 bits per heavy atom. The van der Waals surface area contributed by atoms with E-state index in [4.69, 9.17) is 0 Å². The highest BCUT2D eigenvalue weighted by Crippen LogP contribution is 2.03. The smallest absolute Gasteiger partial charge is 0.220 e. The molecule has 190 valence electrons. The Bertz CT molecular complexity index is 683. The summed E-state index contributed by atoms with van der Waals surface area (Å²) in [6.45, 7) is 3.85. The number of unbranched alkanes of at least 4 members (excludes halogenated alkanes) is 2. The Kier molecular flexibility index (Phi) is 23.4. The minimum atomic E-state index is -0.898. The molecule has 0 aliphatic heterocycles. The number of carbonyl (C=O) groups excluding carboxylic acids is 1. The molecule has 0 aliphatic rings. The molecule has 0 bridgehead atoms. The van der Waals surface area contributed by atoms with Gasteiger partial charge in [-0.15, -0.1) is 0 Å². The standard InChI is InChI=1S/C30H47NO3/c1-3-5-7-9-11-13-14-15-16-18-20-22-24-26-30(34)31-28(27-32)29(33)25-23-21-19-17-12-10-8-6-4-2/h4-7,11-13,15-17,20,22-23,25,28-29,32-33H,3,8-10,14,18-19,21,24,26-27H2,1-2H3,(H,31,34)/b6-4+,7-5-,13-11-,16-15-,17-12+,22-20-,25-23+. The Morgan fingerprint density at radius 1 is 0.735 bits per heavy atom. The zero-order valence-corrected chi connectivity index (χ0v) is 21.3. The lowest BCUT2D eigenvalue weighted by molar-refractivity contribution is -0.122. The minimum Gasteiger partial charge on any atom is -0.394 e. The third-order valence-corrected chi connectivity index (χ3v) is 4.95. The van der Waals surface area contributed by atoms with Crippen LogP contribution in [0.15, 0.2) is 85.1 Å². The first-order valence-corrected chi connectivity index (χ1v) is 12.8. The van der Waals surface area contributed by atoms with Crippen LogP contribution in [-0.2, 0) is 4.79 Å². The van der Waals surface area contributed by atoms with Gasteiger partial charge in [0.05, 0.1) is 18.8 Å². The summed E-state index contributed by atoms with van der Waals surface area (Å²) < 4.78 is 0. The molecule has 1 amide bonds. The van der Waals surface area contributed by atoms with Crippen LogP contribution in [0.4, 0.5) is 0 Å². The molecule has 0 rings (SSSR count). The normalized spacial score (nSPS) is 14.8. The second-order valence-electron chi connectivity index (χ2n) is 8.01. The molecule has 4 nitrogen and oxygen atoms in total. The predicted molar refractivity (Wildman–Crippen MR) is 147 cm³/mol. The molecule has 0 aliphatic carbocycles. The first-order chi connectivity index (χ1) is 16.7. The predicted octanol–water partition coefficient (Wildman–Crippen LogP) is 6.66. The van der Waals surface area contributed by atoms with E-state index in [1.807, 2.05) is 25.2 Å². The molecule has 0 fully saturated rings. The molecule has 2 unspecified atom stereocenters. The fourth-order valence-corrected chi connectivity index (χ4v) is 2.99. The van der Waals surface area contributed by atoms with Gasteiger partial charge >= 0.3 is 0 Å². The molecule has 0 radical (unpaired) electrons. The maximum Gasteiger partial charge on any atom is 0.220 e. The summed E-state index contributed by atoms with van der Waals surface area (Å²) >= 11 is 0. The van der Waals surface area contributed by atoms with Crippen molar-refractivity contribution in [1.29, 1.82) is 0 Å². The van der Waals surface area contributed by atoms with E-state index in [2.05, 4.69) is 73.0 Å². The van der Waals surface area contributed by atoms with Crippen LogP contribution in [0, 0.1) is 0 Å². The van der Waals surface area contributed by atoms with Crippen molar-refractivity contribution < 1.29 is 15.0 Å². The van der Waals surface area contributed by atoms with Crippen LogP contribution < -0.4 is 5.32 Å². The van der Waals surface area contributed by atoms with Crippen LogP contribution in [0.1, 0.15) is 78.1 Å². The summed E-state index contributed by atoms with van der Waals surface area (Å²) in [5, 5.41) is 22.5. The monoisotopic (exact) mass is 469 g/mol. The summed E-state index contributed by atoms with van der Waals surface area (Å²) in [6, 6.07) is -0.683. The molecule has 0 saturated heterocycles. The molecule has 0 aromatic rings. The number of aliphatic hydroxyl groups is 2. The molecule has 0 aromatic carbocycles. The molecular formula is C30H47NO3. The quantitative estimate of drug-likeness (QED) is 0.138. The fourth-order valence-electron chi connectivity index (χ4n) is 2.99. The van der Waals surface area contributed by atoms with Crippen molar-refractivity contribution in [2.75, 3.05) is 6.61 Å². The van der Waals surface area contributed by atoms with Crippen molar-refractivity contribution in [3.63, 3.8) is 0 Å². The van der Waals surface area contributed by atoms with E-state index in [1.165, 1.54) is 0 Å². The number of nitrogens with one attached hydrogen (secondary N) is 1. The second-order valence-corrected chi connectivity index (χ2v) is 8.01. The zero-order valence-electron chi connectivity index (χ0n) is 21.3. The molecular weight excluding hydrogens is 422 g/mol. The second kappa shape index (κ2) is 25.2. The number of aliphatic hydroxyl groups excluding tert-OH is 2. The molecule has 0 aromatic heterocycles. The van der Waals surface area contributed by atoms with E-state index < -0.39 is 12.1 Å². The van der Waals surface area contributed by atoms with Gasteiger partial charge in [0.1, 0.15) is 0 Å². The summed E-state index contributed by atoms with van der Waals surface area (Å²) in [5.41, 5.74) is 0. The molecule has 0 heterocycles. The third kappa shape index (κ3) is 21.4. The van der Waals surface area contributed by atoms with Gasteiger partial charge in [-0.1, -0.05) is 92.0 Å². The molecule has 4 heteroatoms. The molecule has 34 heavy (non-hydrogen) atoms. The Morgan fingerprint density at radius 2 is 1.24 bits per heavy atom. The van der Waals surface area contributed by atoms with Gasteiger partial charge in [-0.3, -0.25) is 4.79 Å². The average molecular weight is 470 g/mol. The highest BCUT2D eigenvalue weighted by Gasteiger charge is 2.17. The number of carbonyl (C=O) groups is 1. The van der Waals surface area contributed by atoms with Crippen molar-refractivity contribution >= 4 is 5.91 Å². The lowest BCUT2D eigenvalue weighted by Gasteiger charge is -2.19. The van der Waals surface area contributed by atoms with Crippen LogP contribution >= 0.6 is 0 Å². The number of allylic oxidation sites excluding steroid dienone is 13. The number of hydrogen-bond acceptors (Lipinski definition) is 3. The van der Waals surface area contributed by atoms with E-state index in [-0.39, 0.29) is 12.5 Å².